The highest BCUT2D eigenvalue weighted by Gasteiger charge is 2.56. The Hall–Kier alpha value is -4.66. The van der Waals surface area contributed by atoms with E-state index in [1.54, 1.807) is 24.3 Å². The molecular weight excluding hydrogens is 672 g/mol. The number of ether oxygens (including phenoxy) is 4. The summed E-state index contributed by atoms with van der Waals surface area (Å²) in [6, 6.07) is 24.6. The standard InChI is InChI=1S/C39H48N2O11/c1-26(42)41-34-31(43)23-39(38(48)49-2,51-22-12-4-3-11-17-33(45)50-25-27-13-7-5-8-14-27)52-36(34)35(46)32(44)24-40-37(47)30-20-18-29(19-21-30)28-15-9-6-10-16-28/h5-10,13-16,18-21,31-32,34-36,43-44,46H,3-4,11-12,17,22-25H2,1-2H3,(H,40,47)(H,41,42)/t31?,32-,34?,35+,36?,39?/m1/s1. The summed E-state index contributed by atoms with van der Waals surface area (Å²) < 4.78 is 22.2. The number of esters is 2. The van der Waals surface area contributed by atoms with Gasteiger partial charge in [0.25, 0.3) is 11.7 Å². The van der Waals surface area contributed by atoms with Gasteiger partial charge in [-0.25, -0.2) is 4.79 Å². The number of rotatable bonds is 18. The molecule has 4 rings (SSSR count). The van der Waals surface area contributed by atoms with E-state index in [0.717, 1.165) is 23.8 Å². The second-order valence-corrected chi connectivity index (χ2v) is 12.7. The normalized spacial score (nSPS) is 21.0. The lowest BCUT2D eigenvalue weighted by molar-refractivity contribution is -0.311. The molecule has 0 radical (unpaired) electrons. The fourth-order valence-electron chi connectivity index (χ4n) is 5.95. The Balaban J connectivity index is 1.31. The molecule has 0 aromatic heterocycles. The monoisotopic (exact) mass is 720 g/mol. The van der Waals surface area contributed by atoms with Crippen LogP contribution in [0.3, 0.4) is 0 Å². The van der Waals surface area contributed by atoms with Gasteiger partial charge in [-0.3, -0.25) is 14.4 Å². The number of aliphatic hydroxyl groups excluding tert-OH is 3. The average Bonchev–Trinajstić information content (AvgIpc) is 3.16. The van der Waals surface area contributed by atoms with Crippen LogP contribution in [0.1, 0.15) is 61.4 Å². The van der Waals surface area contributed by atoms with Gasteiger partial charge >= 0.3 is 11.9 Å². The first kappa shape index (κ1) is 40.1. The second-order valence-electron chi connectivity index (χ2n) is 12.7. The minimum absolute atomic E-state index is 0.00440. The zero-order valence-corrected chi connectivity index (χ0v) is 29.4. The Labute approximate surface area is 303 Å². The van der Waals surface area contributed by atoms with E-state index in [1.807, 2.05) is 60.7 Å². The summed E-state index contributed by atoms with van der Waals surface area (Å²) in [4.78, 5) is 50.1. The fourth-order valence-corrected chi connectivity index (χ4v) is 5.95. The Morgan fingerprint density at radius 3 is 2.17 bits per heavy atom. The third-order valence-electron chi connectivity index (χ3n) is 8.75. The van der Waals surface area contributed by atoms with Crippen LogP contribution in [0.15, 0.2) is 84.9 Å². The van der Waals surface area contributed by atoms with Crippen molar-refractivity contribution in [2.45, 2.75) is 88.3 Å². The highest BCUT2D eigenvalue weighted by Crippen LogP contribution is 2.34. The topological polar surface area (TPSA) is 190 Å². The summed E-state index contributed by atoms with van der Waals surface area (Å²) in [7, 11) is 1.11. The molecule has 1 aliphatic heterocycles. The first-order chi connectivity index (χ1) is 25.0. The Morgan fingerprint density at radius 1 is 0.885 bits per heavy atom. The fraction of sp³-hybridized carbons (Fsp3) is 0.436. The van der Waals surface area contributed by atoms with Crippen LogP contribution in [-0.4, -0.2) is 95.6 Å². The average molecular weight is 721 g/mol. The highest BCUT2D eigenvalue weighted by molar-refractivity contribution is 5.94. The smallest absolute Gasteiger partial charge is 0.366 e. The lowest BCUT2D eigenvalue weighted by atomic mass is 9.88. The molecule has 0 bridgehead atoms. The van der Waals surface area contributed by atoms with Gasteiger partial charge in [-0.05, 0) is 41.7 Å². The molecule has 3 aromatic carbocycles. The molecule has 280 valence electrons. The third-order valence-corrected chi connectivity index (χ3v) is 8.75. The summed E-state index contributed by atoms with van der Waals surface area (Å²) >= 11 is 0. The minimum Gasteiger partial charge on any atom is -0.465 e. The van der Waals surface area contributed by atoms with E-state index < -0.39 is 67.0 Å². The van der Waals surface area contributed by atoms with E-state index in [0.29, 0.717) is 31.2 Å². The lowest BCUT2D eigenvalue weighted by Gasteiger charge is -2.47. The number of amides is 2. The van der Waals surface area contributed by atoms with Gasteiger partial charge in [0.2, 0.25) is 5.91 Å². The molecule has 0 aliphatic carbocycles. The van der Waals surface area contributed by atoms with Crippen molar-refractivity contribution in [3.05, 3.63) is 96.1 Å². The number of hydrogen-bond acceptors (Lipinski definition) is 11. The first-order valence-electron chi connectivity index (χ1n) is 17.4. The summed E-state index contributed by atoms with van der Waals surface area (Å²) in [5.41, 5.74) is 3.13. The van der Waals surface area contributed by atoms with Crippen LogP contribution in [0.25, 0.3) is 11.1 Å². The van der Waals surface area contributed by atoms with Crippen molar-refractivity contribution in [1.29, 1.82) is 0 Å². The Kier molecular flexibility index (Phi) is 15.3. The molecule has 0 spiro atoms. The number of nitrogens with one attached hydrogen (secondary N) is 2. The van der Waals surface area contributed by atoms with E-state index in [2.05, 4.69) is 10.6 Å². The number of unbranched alkanes of at least 4 members (excludes halogenated alkanes) is 3. The number of carbonyl (C=O) groups excluding carboxylic acids is 4. The van der Waals surface area contributed by atoms with Crippen LogP contribution in [0.2, 0.25) is 0 Å². The van der Waals surface area contributed by atoms with Crippen molar-refractivity contribution in [3.63, 3.8) is 0 Å². The van der Waals surface area contributed by atoms with Gasteiger partial charge in [0.15, 0.2) is 0 Å². The molecule has 4 unspecified atom stereocenters. The van der Waals surface area contributed by atoms with Crippen LogP contribution in [0.5, 0.6) is 0 Å². The van der Waals surface area contributed by atoms with E-state index in [-0.39, 0.29) is 25.6 Å². The van der Waals surface area contributed by atoms with Crippen molar-refractivity contribution in [2.75, 3.05) is 20.3 Å². The number of hydrogen-bond donors (Lipinski definition) is 5. The molecule has 3 aromatic rings. The van der Waals surface area contributed by atoms with E-state index >= 15 is 0 Å². The molecular formula is C39H48N2O11. The number of benzene rings is 3. The number of carbonyl (C=O) groups is 4. The van der Waals surface area contributed by atoms with E-state index in [9.17, 15) is 34.5 Å². The third kappa shape index (κ3) is 11.4. The molecule has 13 heteroatoms. The first-order valence-corrected chi connectivity index (χ1v) is 17.4. The molecule has 52 heavy (non-hydrogen) atoms. The van der Waals surface area contributed by atoms with Gasteiger partial charge in [-0.15, -0.1) is 0 Å². The maximum absolute atomic E-state index is 13.1. The van der Waals surface area contributed by atoms with Gasteiger partial charge in [0.05, 0.1) is 32.0 Å². The van der Waals surface area contributed by atoms with Crippen molar-refractivity contribution >= 4 is 23.8 Å². The van der Waals surface area contributed by atoms with Crippen molar-refractivity contribution in [2.24, 2.45) is 0 Å². The summed E-state index contributed by atoms with van der Waals surface area (Å²) in [5, 5.41) is 38.4. The molecule has 1 heterocycles. The van der Waals surface area contributed by atoms with E-state index in [1.165, 1.54) is 6.92 Å². The van der Waals surface area contributed by atoms with Crippen molar-refractivity contribution in [1.82, 2.24) is 10.6 Å². The Bertz CT molecular complexity index is 1590. The molecule has 5 N–H and O–H groups in total. The van der Waals surface area contributed by atoms with Crippen LogP contribution in [0, 0.1) is 0 Å². The molecule has 1 saturated heterocycles. The number of methoxy groups -OCH3 is 1. The molecule has 6 atom stereocenters. The molecule has 2 amide bonds. The van der Waals surface area contributed by atoms with Crippen LogP contribution in [0.4, 0.5) is 0 Å². The van der Waals surface area contributed by atoms with Gasteiger partial charge in [0.1, 0.15) is 18.8 Å². The predicted octanol–water partition coefficient (Wildman–Crippen LogP) is 3.04. The molecule has 1 aliphatic rings. The van der Waals surface area contributed by atoms with E-state index in [4.69, 9.17) is 18.9 Å². The Morgan fingerprint density at radius 2 is 1.52 bits per heavy atom. The van der Waals surface area contributed by atoms with Crippen molar-refractivity contribution < 1.29 is 53.4 Å². The highest BCUT2D eigenvalue weighted by atomic mass is 16.7. The SMILES string of the molecule is COC(=O)C1(OCCCCCCC(=O)OCc2ccccc2)CC(O)C(NC(C)=O)C([C@@H](O)[C@H](O)CNC(=O)c2ccc(-c3ccccc3)cc2)O1. The molecule has 13 nitrogen and oxygen atoms in total. The maximum Gasteiger partial charge on any atom is 0.366 e. The van der Waals surface area contributed by atoms with Gasteiger partial charge in [0, 0.05) is 31.9 Å². The maximum atomic E-state index is 13.1. The zero-order valence-electron chi connectivity index (χ0n) is 29.4. The zero-order chi connectivity index (χ0) is 37.5. The van der Waals surface area contributed by atoms with Crippen LogP contribution in [-0.2, 0) is 39.9 Å². The summed E-state index contributed by atoms with van der Waals surface area (Å²) in [6.07, 6.45) is -4.27. The van der Waals surface area contributed by atoms with Gasteiger partial charge in [-0.2, -0.15) is 0 Å². The van der Waals surface area contributed by atoms with Gasteiger partial charge in [-0.1, -0.05) is 85.6 Å². The summed E-state index contributed by atoms with van der Waals surface area (Å²) in [5.74, 6) is -4.51. The molecule has 1 fully saturated rings. The van der Waals surface area contributed by atoms with Crippen LogP contribution >= 0.6 is 0 Å². The minimum atomic E-state index is -2.17. The quantitative estimate of drug-likeness (QED) is 0.0960. The largest absolute Gasteiger partial charge is 0.465 e. The second kappa shape index (κ2) is 19.8. The molecule has 0 saturated carbocycles. The number of aliphatic hydroxyl groups is 3. The van der Waals surface area contributed by atoms with Gasteiger partial charge < -0.3 is 44.9 Å². The predicted molar refractivity (Wildman–Crippen MR) is 189 cm³/mol. The lowest BCUT2D eigenvalue weighted by Crippen LogP contribution is -2.68. The van der Waals surface area contributed by atoms with Crippen LogP contribution < -0.4 is 10.6 Å². The van der Waals surface area contributed by atoms with Crippen molar-refractivity contribution in [3.8, 4) is 11.1 Å². The summed E-state index contributed by atoms with van der Waals surface area (Å²) in [6.45, 7) is 0.991.